The van der Waals surface area contributed by atoms with Crippen molar-refractivity contribution in [1.82, 2.24) is 4.90 Å². The zero-order valence-corrected chi connectivity index (χ0v) is 14.2. The minimum Gasteiger partial charge on any atom is -0.366 e. The molecule has 5 nitrogen and oxygen atoms in total. The first-order valence-corrected chi connectivity index (χ1v) is 8.53. The van der Waals surface area contributed by atoms with Crippen LogP contribution in [0, 0.1) is 12.8 Å². The zero-order valence-electron chi connectivity index (χ0n) is 14.2. The molecule has 3 aliphatic rings. The van der Waals surface area contributed by atoms with Crippen LogP contribution in [0.5, 0.6) is 0 Å². The number of primary amides is 1. The zero-order chi connectivity index (χ0) is 17.6. The number of carbonyl (C=O) groups is 2. The monoisotopic (exact) mass is 335 g/mol. The minimum absolute atomic E-state index is 0.120. The normalized spacial score (nSPS) is 23.9. The third-order valence-corrected chi connectivity index (χ3v) is 5.38. The fourth-order valence-electron chi connectivity index (χ4n) is 4.28. The van der Waals surface area contributed by atoms with Crippen molar-refractivity contribution in [2.24, 2.45) is 11.7 Å². The Morgan fingerprint density at radius 1 is 1.16 bits per heavy atom. The Labute approximate surface area is 146 Å². The van der Waals surface area contributed by atoms with Gasteiger partial charge in [0, 0.05) is 17.8 Å². The van der Waals surface area contributed by atoms with Gasteiger partial charge >= 0.3 is 6.03 Å². The van der Waals surface area contributed by atoms with Crippen LogP contribution in [-0.4, -0.2) is 23.4 Å². The number of rotatable bonds is 3. The van der Waals surface area contributed by atoms with Gasteiger partial charge in [-0.3, -0.25) is 4.79 Å². The van der Waals surface area contributed by atoms with Gasteiger partial charge in [-0.15, -0.1) is 0 Å². The van der Waals surface area contributed by atoms with E-state index < -0.39 is 5.91 Å². The number of fused-ring (bicyclic) bond motifs is 1. The minimum atomic E-state index is -0.497. The summed E-state index contributed by atoms with van der Waals surface area (Å²) in [6, 6.07) is 15.3. The van der Waals surface area contributed by atoms with Crippen LogP contribution in [0.4, 0.5) is 10.5 Å². The lowest BCUT2D eigenvalue weighted by molar-refractivity contribution is 0.1000. The van der Waals surface area contributed by atoms with E-state index in [1.165, 1.54) is 5.56 Å². The van der Waals surface area contributed by atoms with Crippen molar-refractivity contribution < 1.29 is 9.59 Å². The number of carbonyl (C=O) groups excluding carboxylic acids is 2. The van der Waals surface area contributed by atoms with Crippen LogP contribution in [-0.2, 0) is 5.54 Å². The molecule has 2 saturated heterocycles. The smallest absolute Gasteiger partial charge is 0.322 e. The van der Waals surface area contributed by atoms with Crippen LogP contribution in [0.2, 0.25) is 0 Å². The van der Waals surface area contributed by atoms with Crippen LogP contribution < -0.4 is 11.1 Å². The van der Waals surface area contributed by atoms with Gasteiger partial charge in [0.25, 0.3) is 0 Å². The second-order valence-electron chi connectivity index (χ2n) is 7.16. The molecule has 0 aromatic heterocycles. The van der Waals surface area contributed by atoms with Gasteiger partial charge in [-0.2, -0.15) is 0 Å². The van der Waals surface area contributed by atoms with Crippen molar-refractivity contribution >= 4 is 17.6 Å². The molecule has 1 aliphatic carbocycles. The molecule has 0 spiro atoms. The van der Waals surface area contributed by atoms with E-state index in [1.807, 2.05) is 36.1 Å². The quantitative estimate of drug-likeness (QED) is 0.903. The maximum Gasteiger partial charge on any atom is 0.322 e. The molecule has 128 valence electrons. The van der Waals surface area contributed by atoms with Crippen LogP contribution in [0.3, 0.4) is 0 Å². The third kappa shape index (κ3) is 2.56. The van der Waals surface area contributed by atoms with Gasteiger partial charge in [-0.05, 0) is 55.0 Å². The molecule has 2 bridgehead atoms. The summed E-state index contributed by atoms with van der Waals surface area (Å²) in [7, 11) is 0. The molecule has 25 heavy (non-hydrogen) atoms. The Bertz CT molecular complexity index is 841. The molecule has 3 N–H and O–H groups in total. The molecule has 0 radical (unpaired) electrons. The van der Waals surface area contributed by atoms with Crippen molar-refractivity contribution in [1.29, 1.82) is 0 Å². The second kappa shape index (κ2) is 5.62. The number of nitrogens with one attached hydrogen (secondary N) is 1. The molecule has 5 heteroatoms. The highest BCUT2D eigenvalue weighted by molar-refractivity contribution is 5.96. The van der Waals surface area contributed by atoms with E-state index in [0.717, 1.165) is 24.9 Å². The van der Waals surface area contributed by atoms with Gasteiger partial charge in [0.15, 0.2) is 0 Å². The molecule has 2 aromatic rings. The van der Waals surface area contributed by atoms with Gasteiger partial charge in [0.1, 0.15) is 0 Å². The highest BCUT2D eigenvalue weighted by atomic mass is 16.2. The van der Waals surface area contributed by atoms with E-state index in [0.29, 0.717) is 17.2 Å². The van der Waals surface area contributed by atoms with E-state index >= 15 is 0 Å². The van der Waals surface area contributed by atoms with E-state index in [-0.39, 0.29) is 11.6 Å². The summed E-state index contributed by atoms with van der Waals surface area (Å²) >= 11 is 0. The molecule has 2 aliphatic heterocycles. The highest BCUT2D eigenvalue weighted by Gasteiger charge is 2.58. The number of anilines is 1. The van der Waals surface area contributed by atoms with E-state index in [1.54, 1.807) is 12.1 Å². The Morgan fingerprint density at radius 2 is 1.88 bits per heavy atom. The molecule has 3 amide bonds. The van der Waals surface area contributed by atoms with Crippen molar-refractivity contribution in [3.05, 3.63) is 65.2 Å². The Hall–Kier alpha value is -2.82. The Balaban J connectivity index is 1.59. The molecular formula is C20H21N3O2. The van der Waals surface area contributed by atoms with Gasteiger partial charge in [-0.1, -0.05) is 30.3 Å². The first kappa shape index (κ1) is 15.7. The fourth-order valence-corrected chi connectivity index (χ4v) is 4.28. The fraction of sp³-hybridized carbons (Fsp3) is 0.300. The summed E-state index contributed by atoms with van der Waals surface area (Å²) in [5.74, 6) is 0.0769. The summed E-state index contributed by atoms with van der Waals surface area (Å²) < 4.78 is 0. The SMILES string of the molecule is Cc1cc(NC(=O)N2CC3CC2(c2ccccc2)C3)cc(C(N)=O)c1. The van der Waals surface area contributed by atoms with Gasteiger partial charge in [0.05, 0.1) is 5.54 Å². The van der Waals surface area contributed by atoms with Crippen molar-refractivity contribution in [2.75, 3.05) is 11.9 Å². The topological polar surface area (TPSA) is 75.4 Å². The maximum atomic E-state index is 12.9. The largest absolute Gasteiger partial charge is 0.366 e. The number of aryl methyl sites for hydroxylation is 1. The number of nitrogens with zero attached hydrogens (tertiary/aromatic N) is 1. The van der Waals surface area contributed by atoms with Crippen molar-refractivity contribution in [3.8, 4) is 0 Å². The number of nitrogens with two attached hydrogens (primary N) is 1. The maximum absolute atomic E-state index is 12.9. The first-order valence-electron chi connectivity index (χ1n) is 8.53. The number of urea groups is 1. The number of hydrogen-bond donors (Lipinski definition) is 2. The van der Waals surface area contributed by atoms with E-state index in [2.05, 4.69) is 17.4 Å². The lowest BCUT2D eigenvalue weighted by Gasteiger charge is -2.42. The standard InChI is InChI=1S/C20H21N3O2/c1-13-7-15(18(21)24)9-17(8-13)22-19(25)23-12-14-10-20(23,11-14)16-5-3-2-4-6-16/h2-9,14H,10-12H2,1H3,(H2,21,24)(H,22,25). The van der Waals surface area contributed by atoms with Crippen LogP contribution in [0.15, 0.2) is 48.5 Å². The van der Waals surface area contributed by atoms with Crippen LogP contribution in [0.25, 0.3) is 0 Å². The molecule has 0 unspecified atom stereocenters. The van der Waals surface area contributed by atoms with Crippen molar-refractivity contribution in [3.63, 3.8) is 0 Å². The highest BCUT2D eigenvalue weighted by Crippen LogP contribution is 2.57. The van der Waals surface area contributed by atoms with Crippen molar-refractivity contribution in [2.45, 2.75) is 25.3 Å². The first-order chi connectivity index (χ1) is 12.0. The molecular weight excluding hydrogens is 314 g/mol. The summed E-state index contributed by atoms with van der Waals surface area (Å²) in [6.07, 6.45) is 2.04. The van der Waals surface area contributed by atoms with Gasteiger partial charge in [0.2, 0.25) is 5.91 Å². The third-order valence-electron chi connectivity index (χ3n) is 5.38. The van der Waals surface area contributed by atoms with Crippen LogP contribution in [0.1, 0.15) is 34.3 Å². The lowest BCUT2D eigenvalue weighted by atomic mass is 9.69. The molecule has 2 aromatic carbocycles. The van der Waals surface area contributed by atoms with Gasteiger partial charge < -0.3 is 16.0 Å². The van der Waals surface area contributed by atoms with E-state index in [9.17, 15) is 9.59 Å². The van der Waals surface area contributed by atoms with Gasteiger partial charge in [-0.25, -0.2) is 4.79 Å². The molecule has 0 atom stereocenters. The van der Waals surface area contributed by atoms with E-state index in [4.69, 9.17) is 5.73 Å². The number of benzene rings is 2. The Kier molecular flexibility index (Phi) is 3.53. The molecule has 1 saturated carbocycles. The summed E-state index contributed by atoms with van der Waals surface area (Å²) in [4.78, 5) is 26.3. The number of amides is 3. The summed E-state index contributed by atoms with van der Waals surface area (Å²) in [6.45, 7) is 2.65. The molecule has 2 heterocycles. The average molecular weight is 335 g/mol. The lowest BCUT2D eigenvalue weighted by Crippen LogP contribution is -2.47. The average Bonchev–Trinajstić information content (AvgIpc) is 3.11. The van der Waals surface area contributed by atoms with Crippen LogP contribution >= 0.6 is 0 Å². The Morgan fingerprint density at radius 3 is 2.56 bits per heavy atom. The summed E-state index contributed by atoms with van der Waals surface area (Å²) in [5.41, 5.74) is 8.26. The second-order valence-corrected chi connectivity index (χ2v) is 7.16. The predicted octanol–water partition coefficient (Wildman–Crippen LogP) is 3.25. The number of hydrogen-bond acceptors (Lipinski definition) is 2. The summed E-state index contributed by atoms with van der Waals surface area (Å²) in [5, 5.41) is 2.95. The molecule has 5 rings (SSSR count). The predicted molar refractivity (Wildman–Crippen MR) is 96.3 cm³/mol. The molecule has 3 fully saturated rings.